The van der Waals surface area contributed by atoms with Gasteiger partial charge in [0, 0.05) is 36.1 Å². The number of fused-ring (bicyclic) bond motifs is 1. The number of benzene rings is 1. The van der Waals surface area contributed by atoms with Crippen molar-refractivity contribution in [1.29, 1.82) is 0 Å². The molecule has 0 saturated carbocycles. The van der Waals surface area contributed by atoms with Gasteiger partial charge in [0.15, 0.2) is 0 Å². The molecule has 2 nitrogen and oxygen atoms in total. The van der Waals surface area contributed by atoms with Gasteiger partial charge in [-0.15, -0.1) is 0 Å². The first-order chi connectivity index (χ1) is 8.18. The average Bonchev–Trinajstić information content (AvgIpc) is 2.72. The summed E-state index contributed by atoms with van der Waals surface area (Å²) in [6.07, 6.45) is 4.44. The lowest BCUT2D eigenvalue weighted by Gasteiger charge is -2.30. The van der Waals surface area contributed by atoms with Crippen LogP contribution in [0.1, 0.15) is 32.3 Å². The van der Waals surface area contributed by atoms with E-state index >= 15 is 0 Å². The van der Waals surface area contributed by atoms with E-state index in [0.717, 1.165) is 12.8 Å². The predicted octanol–water partition coefficient (Wildman–Crippen LogP) is 3.19. The van der Waals surface area contributed by atoms with Crippen LogP contribution >= 0.6 is 0 Å². The molecule has 1 aromatic heterocycles. The first-order valence-corrected chi connectivity index (χ1v) is 6.43. The van der Waals surface area contributed by atoms with E-state index in [1.54, 1.807) is 0 Å². The van der Waals surface area contributed by atoms with Gasteiger partial charge in [-0.1, -0.05) is 32.0 Å². The number of aryl methyl sites for hydroxylation is 1. The van der Waals surface area contributed by atoms with E-state index in [2.05, 4.69) is 55.9 Å². The van der Waals surface area contributed by atoms with Gasteiger partial charge in [-0.3, -0.25) is 0 Å². The second-order valence-corrected chi connectivity index (χ2v) is 4.86. The van der Waals surface area contributed by atoms with Gasteiger partial charge in [0.2, 0.25) is 0 Å². The Morgan fingerprint density at radius 1 is 1.18 bits per heavy atom. The summed E-state index contributed by atoms with van der Waals surface area (Å²) >= 11 is 0. The van der Waals surface area contributed by atoms with Crippen molar-refractivity contribution in [1.82, 2.24) is 4.57 Å². The number of hydrogen-bond acceptors (Lipinski definition) is 1. The normalized spacial score (nSPS) is 12.2. The molecule has 0 spiro atoms. The Bertz CT molecular complexity index is 498. The summed E-state index contributed by atoms with van der Waals surface area (Å²) in [5, 5.41) is 1.35. The van der Waals surface area contributed by atoms with Crippen molar-refractivity contribution < 1.29 is 0 Å². The number of nitrogens with zero attached hydrogens (tertiary/aromatic N) is 1. The van der Waals surface area contributed by atoms with E-state index in [1.165, 1.54) is 16.5 Å². The van der Waals surface area contributed by atoms with Crippen LogP contribution < -0.4 is 5.73 Å². The molecule has 0 aliphatic heterocycles. The molecule has 1 heterocycles. The van der Waals surface area contributed by atoms with Gasteiger partial charge in [0.05, 0.1) is 0 Å². The van der Waals surface area contributed by atoms with Crippen LogP contribution in [0.2, 0.25) is 0 Å². The van der Waals surface area contributed by atoms with Crippen molar-refractivity contribution in [3.8, 4) is 0 Å². The van der Waals surface area contributed by atoms with Crippen LogP contribution in [0.15, 0.2) is 30.5 Å². The van der Waals surface area contributed by atoms with Gasteiger partial charge in [-0.2, -0.15) is 0 Å². The zero-order valence-electron chi connectivity index (χ0n) is 11.0. The Labute approximate surface area is 103 Å². The second-order valence-electron chi connectivity index (χ2n) is 4.86. The van der Waals surface area contributed by atoms with Crippen molar-refractivity contribution >= 4 is 10.9 Å². The van der Waals surface area contributed by atoms with Crippen LogP contribution in [0.25, 0.3) is 10.9 Å². The third kappa shape index (κ3) is 1.77. The molecule has 2 N–H and O–H groups in total. The fraction of sp³-hybridized carbons (Fsp3) is 0.467. The van der Waals surface area contributed by atoms with Gasteiger partial charge < -0.3 is 10.3 Å². The number of para-hydroxylation sites is 1. The fourth-order valence-corrected chi connectivity index (χ4v) is 2.79. The molecule has 2 heteroatoms. The maximum absolute atomic E-state index is 6.05. The minimum absolute atomic E-state index is 0.126. The summed E-state index contributed by atoms with van der Waals surface area (Å²) in [4.78, 5) is 0. The molecule has 0 aliphatic carbocycles. The van der Waals surface area contributed by atoms with Crippen LogP contribution in [0.4, 0.5) is 0 Å². The lowest BCUT2D eigenvalue weighted by Crippen LogP contribution is -2.33. The molecule has 17 heavy (non-hydrogen) atoms. The maximum atomic E-state index is 6.05. The maximum Gasteiger partial charge on any atom is 0.0480 e. The molecule has 2 rings (SSSR count). The van der Waals surface area contributed by atoms with Crippen LogP contribution in [-0.4, -0.2) is 11.1 Å². The highest BCUT2D eigenvalue weighted by atomic mass is 14.9. The topological polar surface area (TPSA) is 30.9 Å². The molecule has 0 unspecified atom stereocenters. The monoisotopic (exact) mass is 230 g/mol. The molecule has 0 bridgehead atoms. The molecule has 1 aromatic carbocycles. The molecule has 0 radical (unpaired) electrons. The summed E-state index contributed by atoms with van der Waals surface area (Å²) in [6, 6.07) is 8.58. The molecule has 2 aromatic rings. The highest BCUT2D eigenvalue weighted by molar-refractivity contribution is 5.85. The Balaban J connectivity index is 2.70. The quantitative estimate of drug-likeness (QED) is 0.859. The minimum atomic E-state index is 0.126. The highest BCUT2D eigenvalue weighted by Gasteiger charge is 2.29. The lowest BCUT2D eigenvalue weighted by atomic mass is 9.76. The van der Waals surface area contributed by atoms with Crippen molar-refractivity contribution in [3.63, 3.8) is 0 Å². The molecule has 92 valence electrons. The van der Waals surface area contributed by atoms with E-state index in [9.17, 15) is 0 Å². The van der Waals surface area contributed by atoms with E-state index < -0.39 is 0 Å². The molecule has 0 aliphatic rings. The predicted molar refractivity (Wildman–Crippen MR) is 74.2 cm³/mol. The summed E-state index contributed by atoms with van der Waals surface area (Å²) in [7, 11) is 2.11. The van der Waals surface area contributed by atoms with Crippen molar-refractivity contribution in [2.45, 2.75) is 32.1 Å². The van der Waals surface area contributed by atoms with Crippen molar-refractivity contribution in [3.05, 3.63) is 36.0 Å². The Kier molecular flexibility index (Phi) is 3.25. The van der Waals surface area contributed by atoms with Crippen LogP contribution in [0, 0.1) is 0 Å². The highest BCUT2D eigenvalue weighted by Crippen LogP contribution is 2.36. The van der Waals surface area contributed by atoms with Crippen LogP contribution in [-0.2, 0) is 12.5 Å². The van der Waals surface area contributed by atoms with Crippen LogP contribution in [0.5, 0.6) is 0 Å². The Hall–Kier alpha value is -1.28. The van der Waals surface area contributed by atoms with E-state index in [1.807, 2.05) is 0 Å². The number of rotatable bonds is 4. The van der Waals surface area contributed by atoms with E-state index in [0.29, 0.717) is 6.54 Å². The molecule has 0 amide bonds. The smallest absolute Gasteiger partial charge is 0.0480 e. The zero-order valence-corrected chi connectivity index (χ0v) is 11.0. The first kappa shape index (κ1) is 12.2. The van der Waals surface area contributed by atoms with Crippen molar-refractivity contribution in [2.24, 2.45) is 12.8 Å². The minimum Gasteiger partial charge on any atom is -0.350 e. The molecular weight excluding hydrogens is 208 g/mol. The number of hydrogen-bond donors (Lipinski definition) is 1. The number of nitrogens with two attached hydrogens (primary N) is 1. The van der Waals surface area contributed by atoms with Gasteiger partial charge in [-0.25, -0.2) is 0 Å². The van der Waals surface area contributed by atoms with E-state index in [4.69, 9.17) is 5.73 Å². The molecule has 0 atom stereocenters. The van der Waals surface area contributed by atoms with Crippen LogP contribution in [0.3, 0.4) is 0 Å². The second kappa shape index (κ2) is 4.53. The van der Waals surface area contributed by atoms with E-state index in [-0.39, 0.29) is 5.41 Å². The fourth-order valence-electron chi connectivity index (χ4n) is 2.79. The standard InChI is InChI=1S/C15H22N2/c1-4-15(5-2,11-16)13-10-17(3)14-9-7-6-8-12(13)14/h6-10H,4-5,11,16H2,1-3H3. The Morgan fingerprint density at radius 2 is 1.82 bits per heavy atom. The summed E-state index contributed by atoms with van der Waals surface area (Å²) in [6.45, 7) is 5.18. The third-order valence-corrected chi connectivity index (χ3v) is 4.21. The molecule has 0 saturated heterocycles. The average molecular weight is 230 g/mol. The lowest BCUT2D eigenvalue weighted by molar-refractivity contribution is 0.409. The number of aromatic nitrogens is 1. The largest absolute Gasteiger partial charge is 0.350 e. The third-order valence-electron chi connectivity index (χ3n) is 4.21. The summed E-state index contributed by atoms with van der Waals surface area (Å²) in [5.41, 5.74) is 8.88. The SMILES string of the molecule is CCC(CC)(CN)c1cn(C)c2ccccc12. The first-order valence-electron chi connectivity index (χ1n) is 6.43. The van der Waals surface area contributed by atoms with Crippen molar-refractivity contribution in [2.75, 3.05) is 6.54 Å². The van der Waals surface area contributed by atoms with Gasteiger partial charge in [0.25, 0.3) is 0 Å². The molecular formula is C15H22N2. The van der Waals surface area contributed by atoms with Gasteiger partial charge in [-0.05, 0) is 24.5 Å². The van der Waals surface area contributed by atoms with Gasteiger partial charge >= 0.3 is 0 Å². The Morgan fingerprint density at radius 3 is 2.41 bits per heavy atom. The summed E-state index contributed by atoms with van der Waals surface area (Å²) in [5.74, 6) is 0. The summed E-state index contributed by atoms with van der Waals surface area (Å²) < 4.78 is 2.21. The zero-order chi connectivity index (χ0) is 12.5. The molecule has 0 fully saturated rings. The van der Waals surface area contributed by atoms with Gasteiger partial charge in [0.1, 0.15) is 0 Å².